The molecule has 23 heavy (non-hydrogen) atoms. The third-order valence-electron chi connectivity index (χ3n) is 4.23. The Kier molecular flexibility index (Phi) is 5.19. The van der Waals surface area contributed by atoms with E-state index in [0.29, 0.717) is 19.1 Å². The van der Waals surface area contributed by atoms with Crippen LogP contribution in [0.2, 0.25) is 0 Å². The van der Waals surface area contributed by atoms with Gasteiger partial charge in [0.25, 0.3) is 0 Å². The molecule has 3 rings (SSSR count). The van der Waals surface area contributed by atoms with E-state index in [1.807, 2.05) is 24.4 Å². The molecule has 2 atom stereocenters. The minimum atomic E-state index is -0.425. The molecule has 1 N–H and O–H groups in total. The van der Waals surface area contributed by atoms with Crippen LogP contribution < -0.4 is 4.90 Å². The molecule has 7 nitrogen and oxygen atoms in total. The molecule has 2 aromatic rings. The van der Waals surface area contributed by atoms with Crippen molar-refractivity contribution < 1.29 is 5.11 Å². The highest BCUT2D eigenvalue weighted by atomic mass is 16.3. The minimum Gasteiger partial charge on any atom is -0.390 e. The van der Waals surface area contributed by atoms with E-state index < -0.39 is 6.10 Å². The lowest BCUT2D eigenvalue weighted by Crippen LogP contribution is -2.42. The smallest absolute Gasteiger partial charge is 0.151 e. The van der Waals surface area contributed by atoms with Crippen molar-refractivity contribution >= 4 is 5.82 Å². The van der Waals surface area contributed by atoms with E-state index >= 15 is 0 Å². The van der Waals surface area contributed by atoms with Crippen LogP contribution in [-0.2, 0) is 6.54 Å². The molecule has 0 aromatic carbocycles. The highest BCUT2D eigenvalue weighted by Crippen LogP contribution is 2.23. The zero-order valence-electron chi connectivity index (χ0n) is 13.5. The summed E-state index contributed by atoms with van der Waals surface area (Å²) in [5, 5.41) is 22.5. The van der Waals surface area contributed by atoms with Crippen LogP contribution in [-0.4, -0.2) is 68.8 Å². The topological polar surface area (TPSA) is 70.3 Å². The van der Waals surface area contributed by atoms with Gasteiger partial charge < -0.3 is 14.9 Å². The minimum absolute atomic E-state index is 0.425. The van der Waals surface area contributed by atoms with Gasteiger partial charge in [-0.15, -0.1) is 5.10 Å². The van der Waals surface area contributed by atoms with Crippen LogP contribution in [0.1, 0.15) is 12.8 Å². The van der Waals surface area contributed by atoms with E-state index in [2.05, 4.69) is 32.1 Å². The van der Waals surface area contributed by atoms with Crippen LogP contribution in [0.3, 0.4) is 0 Å². The summed E-state index contributed by atoms with van der Waals surface area (Å²) < 4.78 is 1.76. The van der Waals surface area contributed by atoms with Crippen LogP contribution in [0, 0.1) is 0 Å². The SMILES string of the molecule is CN(C[C@H](O)Cn1cccn1)C[C@@H]1CCCN1c1cccnn1. The average Bonchev–Trinajstić information content (AvgIpc) is 3.19. The molecule has 3 heterocycles. The molecule has 0 bridgehead atoms. The van der Waals surface area contributed by atoms with Gasteiger partial charge in [-0.05, 0) is 38.1 Å². The standard InChI is InChI=1S/C16H24N6O/c1-20(12-15(23)13-21-9-4-8-18-21)11-14-5-3-10-22(14)16-6-2-7-17-19-16/h2,4,6-9,14-15,23H,3,5,10-13H2,1H3/t14-,15-/m0/s1. The van der Waals surface area contributed by atoms with Crippen molar-refractivity contribution in [2.75, 3.05) is 31.6 Å². The van der Waals surface area contributed by atoms with Crippen molar-refractivity contribution in [3.05, 3.63) is 36.8 Å². The Morgan fingerprint density at radius 1 is 1.39 bits per heavy atom. The van der Waals surface area contributed by atoms with Gasteiger partial charge in [-0.2, -0.15) is 10.2 Å². The Morgan fingerprint density at radius 2 is 2.30 bits per heavy atom. The lowest BCUT2D eigenvalue weighted by atomic mass is 10.2. The van der Waals surface area contributed by atoms with Gasteiger partial charge in [0.15, 0.2) is 5.82 Å². The fourth-order valence-electron chi connectivity index (χ4n) is 3.25. The molecule has 0 aliphatic carbocycles. The number of aliphatic hydroxyl groups excluding tert-OH is 1. The first-order chi connectivity index (χ1) is 11.2. The molecule has 0 radical (unpaired) electrons. The van der Waals surface area contributed by atoms with Crippen molar-refractivity contribution in [3.63, 3.8) is 0 Å². The fourth-order valence-corrected chi connectivity index (χ4v) is 3.25. The number of hydrogen-bond donors (Lipinski definition) is 1. The average molecular weight is 316 g/mol. The number of aromatic nitrogens is 4. The first-order valence-electron chi connectivity index (χ1n) is 8.11. The van der Waals surface area contributed by atoms with Gasteiger partial charge in [0.05, 0.1) is 12.6 Å². The van der Waals surface area contributed by atoms with E-state index in [-0.39, 0.29) is 0 Å². The maximum absolute atomic E-state index is 10.2. The van der Waals surface area contributed by atoms with Crippen LogP contribution >= 0.6 is 0 Å². The lowest BCUT2D eigenvalue weighted by molar-refractivity contribution is 0.104. The number of nitrogens with zero attached hydrogens (tertiary/aromatic N) is 6. The highest BCUT2D eigenvalue weighted by molar-refractivity contribution is 5.39. The van der Waals surface area contributed by atoms with Gasteiger partial charge in [0.1, 0.15) is 0 Å². The summed E-state index contributed by atoms with van der Waals surface area (Å²) in [6, 6.07) is 6.23. The van der Waals surface area contributed by atoms with Crippen LogP contribution in [0.15, 0.2) is 36.8 Å². The van der Waals surface area contributed by atoms with Crippen molar-refractivity contribution in [3.8, 4) is 0 Å². The zero-order chi connectivity index (χ0) is 16.1. The molecule has 1 aliphatic heterocycles. The summed E-state index contributed by atoms with van der Waals surface area (Å²) in [5.41, 5.74) is 0. The fraction of sp³-hybridized carbons (Fsp3) is 0.562. The summed E-state index contributed by atoms with van der Waals surface area (Å²) in [4.78, 5) is 4.51. The number of aliphatic hydroxyl groups is 1. The second kappa shape index (κ2) is 7.52. The predicted molar refractivity (Wildman–Crippen MR) is 88.1 cm³/mol. The van der Waals surface area contributed by atoms with Crippen molar-refractivity contribution in [2.45, 2.75) is 31.5 Å². The zero-order valence-corrected chi connectivity index (χ0v) is 13.5. The van der Waals surface area contributed by atoms with Crippen molar-refractivity contribution in [2.24, 2.45) is 0 Å². The van der Waals surface area contributed by atoms with E-state index in [1.165, 1.54) is 6.42 Å². The normalized spacial score (nSPS) is 19.4. The Labute approximate surface area is 136 Å². The van der Waals surface area contributed by atoms with E-state index in [4.69, 9.17) is 0 Å². The van der Waals surface area contributed by atoms with Gasteiger partial charge in [-0.3, -0.25) is 4.68 Å². The molecule has 0 unspecified atom stereocenters. The Hall–Kier alpha value is -1.99. The maximum atomic E-state index is 10.2. The van der Waals surface area contributed by atoms with Crippen LogP contribution in [0.5, 0.6) is 0 Å². The summed E-state index contributed by atoms with van der Waals surface area (Å²) in [6.07, 6.45) is 7.20. The summed E-state index contributed by atoms with van der Waals surface area (Å²) in [7, 11) is 2.06. The predicted octanol–water partition coefficient (Wildman–Crippen LogP) is 0.635. The maximum Gasteiger partial charge on any atom is 0.151 e. The van der Waals surface area contributed by atoms with E-state index in [9.17, 15) is 5.11 Å². The molecule has 2 aromatic heterocycles. The van der Waals surface area contributed by atoms with E-state index in [0.717, 1.165) is 25.3 Å². The number of rotatable bonds is 7. The monoisotopic (exact) mass is 316 g/mol. The molecule has 1 saturated heterocycles. The molecule has 0 saturated carbocycles. The van der Waals surface area contributed by atoms with E-state index in [1.54, 1.807) is 17.1 Å². The third kappa shape index (κ3) is 4.27. The first-order valence-corrected chi connectivity index (χ1v) is 8.11. The summed E-state index contributed by atoms with van der Waals surface area (Å²) >= 11 is 0. The first kappa shape index (κ1) is 15.9. The quantitative estimate of drug-likeness (QED) is 0.808. The second-order valence-corrected chi connectivity index (χ2v) is 6.17. The molecular weight excluding hydrogens is 292 g/mol. The van der Waals surface area contributed by atoms with Crippen molar-refractivity contribution in [1.82, 2.24) is 24.9 Å². The van der Waals surface area contributed by atoms with Gasteiger partial charge >= 0.3 is 0 Å². The molecule has 1 aliphatic rings. The molecule has 124 valence electrons. The van der Waals surface area contributed by atoms with Crippen LogP contribution in [0.4, 0.5) is 5.82 Å². The largest absolute Gasteiger partial charge is 0.390 e. The van der Waals surface area contributed by atoms with Gasteiger partial charge in [-0.1, -0.05) is 0 Å². The number of likely N-dealkylation sites (N-methyl/N-ethyl adjacent to an activating group) is 1. The van der Waals surface area contributed by atoms with Gasteiger partial charge in [0, 0.05) is 44.3 Å². The molecular formula is C16H24N6O. The molecule has 1 fully saturated rings. The second-order valence-electron chi connectivity index (χ2n) is 6.17. The Morgan fingerprint density at radius 3 is 3.04 bits per heavy atom. The van der Waals surface area contributed by atoms with Gasteiger partial charge in [0.2, 0.25) is 0 Å². The Balaban J connectivity index is 1.51. The van der Waals surface area contributed by atoms with Crippen LogP contribution in [0.25, 0.3) is 0 Å². The third-order valence-corrected chi connectivity index (χ3v) is 4.23. The molecule has 0 spiro atoms. The molecule has 7 heteroatoms. The Bertz CT molecular complexity index is 576. The van der Waals surface area contributed by atoms with Crippen molar-refractivity contribution in [1.29, 1.82) is 0 Å². The highest BCUT2D eigenvalue weighted by Gasteiger charge is 2.27. The lowest BCUT2D eigenvalue weighted by Gasteiger charge is -2.30. The summed E-state index contributed by atoms with van der Waals surface area (Å²) in [6.45, 7) is 3.08. The number of hydrogen-bond acceptors (Lipinski definition) is 6. The number of anilines is 1. The molecule has 0 amide bonds. The summed E-state index contributed by atoms with van der Waals surface area (Å²) in [5.74, 6) is 0.945. The van der Waals surface area contributed by atoms with Gasteiger partial charge in [-0.25, -0.2) is 0 Å².